The largest absolute Gasteiger partial charge is 0.352 e. The van der Waals surface area contributed by atoms with E-state index in [0.717, 1.165) is 32.2 Å². The number of hydrogen-bond acceptors (Lipinski definition) is 2. The van der Waals surface area contributed by atoms with E-state index in [-0.39, 0.29) is 17.6 Å². The van der Waals surface area contributed by atoms with Crippen LogP contribution in [0.1, 0.15) is 37.7 Å². The predicted molar refractivity (Wildman–Crippen MR) is 88.1 cm³/mol. The van der Waals surface area contributed by atoms with Crippen molar-refractivity contribution < 1.29 is 14.0 Å². The SMILES string of the molecule is O=C(/C=C/c1ccccc1F)NCCCN1CCCCCC1=O. The molecule has 0 radical (unpaired) electrons. The lowest BCUT2D eigenvalue weighted by Gasteiger charge is -2.20. The van der Waals surface area contributed by atoms with Gasteiger partial charge < -0.3 is 10.2 Å². The van der Waals surface area contributed by atoms with Gasteiger partial charge in [0.1, 0.15) is 5.82 Å². The van der Waals surface area contributed by atoms with Crippen LogP contribution in [-0.2, 0) is 9.59 Å². The molecule has 0 aromatic heterocycles. The maximum atomic E-state index is 13.4. The average molecular weight is 318 g/mol. The highest BCUT2D eigenvalue weighted by Gasteiger charge is 2.15. The molecule has 0 spiro atoms. The Hall–Kier alpha value is -2.17. The zero-order chi connectivity index (χ0) is 16.5. The highest BCUT2D eigenvalue weighted by molar-refractivity contribution is 5.91. The van der Waals surface area contributed by atoms with Crippen LogP contribution in [0.2, 0.25) is 0 Å². The summed E-state index contributed by atoms with van der Waals surface area (Å²) in [4.78, 5) is 25.4. The molecule has 1 aromatic carbocycles. The van der Waals surface area contributed by atoms with Gasteiger partial charge >= 0.3 is 0 Å². The van der Waals surface area contributed by atoms with Crippen LogP contribution in [0, 0.1) is 5.82 Å². The Morgan fingerprint density at radius 3 is 2.91 bits per heavy atom. The van der Waals surface area contributed by atoms with Crippen LogP contribution in [0.25, 0.3) is 6.08 Å². The van der Waals surface area contributed by atoms with Crippen molar-refractivity contribution in [1.29, 1.82) is 0 Å². The highest BCUT2D eigenvalue weighted by atomic mass is 19.1. The minimum absolute atomic E-state index is 0.216. The third-order valence-corrected chi connectivity index (χ3v) is 3.89. The molecule has 23 heavy (non-hydrogen) atoms. The third-order valence-electron chi connectivity index (χ3n) is 3.89. The first-order valence-electron chi connectivity index (χ1n) is 8.15. The fourth-order valence-electron chi connectivity index (χ4n) is 2.59. The second-order valence-electron chi connectivity index (χ2n) is 5.69. The fraction of sp³-hybridized carbons (Fsp3) is 0.444. The number of rotatable bonds is 6. The van der Waals surface area contributed by atoms with Crippen molar-refractivity contribution in [3.05, 3.63) is 41.7 Å². The van der Waals surface area contributed by atoms with Crippen molar-refractivity contribution in [3.8, 4) is 0 Å². The van der Waals surface area contributed by atoms with E-state index in [1.807, 2.05) is 4.90 Å². The van der Waals surface area contributed by atoms with E-state index in [1.54, 1.807) is 18.2 Å². The Bertz CT molecular complexity index is 572. The maximum Gasteiger partial charge on any atom is 0.244 e. The molecule has 0 bridgehead atoms. The third kappa shape index (κ3) is 5.85. The van der Waals surface area contributed by atoms with Crippen LogP contribution >= 0.6 is 0 Å². The van der Waals surface area contributed by atoms with Crippen molar-refractivity contribution in [2.45, 2.75) is 32.1 Å². The van der Waals surface area contributed by atoms with Gasteiger partial charge in [0, 0.05) is 37.7 Å². The topological polar surface area (TPSA) is 49.4 Å². The van der Waals surface area contributed by atoms with Gasteiger partial charge in [-0.25, -0.2) is 4.39 Å². The number of nitrogens with one attached hydrogen (secondary N) is 1. The quantitative estimate of drug-likeness (QED) is 0.648. The molecule has 2 amide bonds. The van der Waals surface area contributed by atoms with Crippen molar-refractivity contribution in [2.75, 3.05) is 19.6 Å². The molecule has 0 aliphatic carbocycles. The van der Waals surface area contributed by atoms with Crippen LogP contribution in [0.3, 0.4) is 0 Å². The zero-order valence-electron chi connectivity index (χ0n) is 13.3. The Morgan fingerprint density at radius 2 is 2.09 bits per heavy atom. The lowest BCUT2D eigenvalue weighted by molar-refractivity contribution is -0.130. The molecule has 1 aliphatic rings. The molecule has 1 saturated heterocycles. The van der Waals surface area contributed by atoms with Gasteiger partial charge in [-0.15, -0.1) is 0 Å². The van der Waals surface area contributed by atoms with Crippen LogP contribution in [0.5, 0.6) is 0 Å². The summed E-state index contributed by atoms with van der Waals surface area (Å²) in [5, 5.41) is 2.76. The number of amides is 2. The molecule has 1 aromatic rings. The van der Waals surface area contributed by atoms with E-state index in [0.29, 0.717) is 25.1 Å². The van der Waals surface area contributed by atoms with Gasteiger partial charge in [0.15, 0.2) is 0 Å². The lowest BCUT2D eigenvalue weighted by Crippen LogP contribution is -2.33. The first-order valence-corrected chi connectivity index (χ1v) is 8.15. The molecule has 1 N–H and O–H groups in total. The summed E-state index contributed by atoms with van der Waals surface area (Å²) < 4.78 is 13.4. The molecule has 1 heterocycles. The molecule has 5 heteroatoms. The number of likely N-dealkylation sites (tertiary alicyclic amines) is 1. The van der Waals surface area contributed by atoms with Crippen molar-refractivity contribution in [1.82, 2.24) is 10.2 Å². The standard InChI is InChI=1S/C18H23FN2O2/c19-16-8-4-3-7-15(16)10-11-17(22)20-12-6-14-21-13-5-1-2-9-18(21)23/h3-4,7-8,10-11H,1-2,5-6,9,12-14H2,(H,20,22)/b11-10+. The van der Waals surface area contributed by atoms with Crippen LogP contribution in [-0.4, -0.2) is 36.3 Å². The molecule has 0 unspecified atom stereocenters. The van der Waals surface area contributed by atoms with E-state index in [4.69, 9.17) is 0 Å². The summed E-state index contributed by atoms with van der Waals surface area (Å²) in [6.07, 6.45) is 7.30. The normalized spacial score (nSPS) is 15.7. The summed E-state index contributed by atoms with van der Waals surface area (Å²) in [6.45, 7) is 2.00. The summed E-state index contributed by atoms with van der Waals surface area (Å²) in [6, 6.07) is 6.30. The second kappa shape index (κ2) is 9.08. The molecule has 124 valence electrons. The Morgan fingerprint density at radius 1 is 1.26 bits per heavy atom. The minimum Gasteiger partial charge on any atom is -0.352 e. The zero-order valence-corrected chi connectivity index (χ0v) is 13.3. The Labute approximate surface area is 136 Å². The first kappa shape index (κ1) is 17.2. The lowest BCUT2D eigenvalue weighted by atomic mass is 10.2. The number of hydrogen-bond donors (Lipinski definition) is 1. The predicted octanol–water partition coefficient (Wildman–Crippen LogP) is 2.75. The van der Waals surface area contributed by atoms with E-state index < -0.39 is 0 Å². The Balaban J connectivity index is 1.68. The monoisotopic (exact) mass is 318 g/mol. The van der Waals surface area contributed by atoms with Gasteiger partial charge in [-0.1, -0.05) is 24.6 Å². The first-order chi connectivity index (χ1) is 11.2. The summed E-state index contributed by atoms with van der Waals surface area (Å²) in [5.74, 6) is -0.389. The minimum atomic E-state index is -0.351. The fourth-order valence-corrected chi connectivity index (χ4v) is 2.59. The molecule has 2 rings (SSSR count). The van der Waals surface area contributed by atoms with E-state index >= 15 is 0 Å². The maximum absolute atomic E-state index is 13.4. The van der Waals surface area contributed by atoms with Crippen LogP contribution < -0.4 is 5.32 Å². The number of halogens is 1. The summed E-state index contributed by atoms with van der Waals surface area (Å²) in [5.41, 5.74) is 0.387. The van der Waals surface area contributed by atoms with Gasteiger partial charge in [0.25, 0.3) is 0 Å². The molecule has 4 nitrogen and oxygen atoms in total. The summed E-state index contributed by atoms with van der Waals surface area (Å²) >= 11 is 0. The number of carbonyl (C=O) groups is 2. The van der Waals surface area contributed by atoms with E-state index in [9.17, 15) is 14.0 Å². The smallest absolute Gasteiger partial charge is 0.244 e. The van der Waals surface area contributed by atoms with Crippen molar-refractivity contribution in [2.24, 2.45) is 0 Å². The van der Waals surface area contributed by atoms with E-state index in [1.165, 1.54) is 18.2 Å². The van der Waals surface area contributed by atoms with Crippen molar-refractivity contribution in [3.63, 3.8) is 0 Å². The Kier molecular flexibility index (Phi) is 6.78. The van der Waals surface area contributed by atoms with Crippen molar-refractivity contribution >= 4 is 17.9 Å². The van der Waals surface area contributed by atoms with Crippen LogP contribution in [0.4, 0.5) is 4.39 Å². The molecular formula is C18H23FN2O2. The second-order valence-corrected chi connectivity index (χ2v) is 5.69. The van der Waals surface area contributed by atoms with Gasteiger partial charge in [-0.3, -0.25) is 9.59 Å². The number of nitrogens with zero attached hydrogens (tertiary/aromatic N) is 1. The summed E-state index contributed by atoms with van der Waals surface area (Å²) in [7, 11) is 0. The van der Waals surface area contributed by atoms with Gasteiger partial charge in [0.05, 0.1) is 0 Å². The van der Waals surface area contributed by atoms with Gasteiger partial charge in [-0.05, 0) is 31.4 Å². The number of carbonyl (C=O) groups excluding carboxylic acids is 2. The van der Waals surface area contributed by atoms with Crippen LogP contribution in [0.15, 0.2) is 30.3 Å². The number of benzene rings is 1. The molecule has 0 atom stereocenters. The molecule has 0 saturated carbocycles. The average Bonchev–Trinajstić information content (AvgIpc) is 2.75. The molecule has 1 fully saturated rings. The molecule has 1 aliphatic heterocycles. The highest BCUT2D eigenvalue weighted by Crippen LogP contribution is 2.11. The van der Waals surface area contributed by atoms with Gasteiger partial charge in [-0.2, -0.15) is 0 Å². The van der Waals surface area contributed by atoms with Gasteiger partial charge in [0.2, 0.25) is 11.8 Å². The van der Waals surface area contributed by atoms with E-state index in [2.05, 4.69) is 5.32 Å². The molecular weight excluding hydrogens is 295 g/mol.